The quantitative estimate of drug-likeness (QED) is 0.444. The zero-order valence-electron chi connectivity index (χ0n) is 13.1. The average molecular weight is 424 g/mol. The molecule has 0 spiro atoms. The third-order valence-electron chi connectivity index (χ3n) is 3.19. The molecule has 0 saturated carbocycles. The van der Waals surface area contributed by atoms with E-state index in [2.05, 4.69) is 20.0 Å². The van der Waals surface area contributed by atoms with E-state index in [1.54, 1.807) is 24.6 Å². The van der Waals surface area contributed by atoms with Gasteiger partial charge < -0.3 is 0 Å². The lowest BCUT2D eigenvalue weighted by molar-refractivity contribution is 1.28. The molecule has 26 heavy (non-hydrogen) atoms. The zero-order valence-corrected chi connectivity index (χ0v) is 16.1. The van der Waals surface area contributed by atoms with Gasteiger partial charge in [-0.3, -0.25) is 0 Å². The van der Waals surface area contributed by atoms with Crippen LogP contribution in [0.4, 0.5) is 11.6 Å². The van der Waals surface area contributed by atoms with Crippen LogP contribution in [0, 0.1) is 0 Å². The van der Waals surface area contributed by atoms with Crippen molar-refractivity contribution in [2.75, 3.05) is 0 Å². The van der Waals surface area contributed by atoms with Gasteiger partial charge in [-0.2, -0.15) is 0 Å². The molecule has 0 bridgehead atoms. The van der Waals surface area contributed by atoms with Gasteiger partial charge in [-0.1, -0.05) is 70.7 Å². The Morgan fingerprint density at radius 1 is 0.654 bits per heavy atom. The van der Waals surface area contributed by atoms with Gasteiger partial charge in [0, 0.05) is 24.8 Å². The third kappa shape index (κ3) is 5.02. The molecule has 0 aliphatic carbocycles. The van der Waals surface area contributed by atoms with Gasteiger partial charge in [-0.15, -0.1) is 0 Å². The fourth-order valence-electron chi connectivity index (χ4n) is 1.94. The molecule has 0 saturated heterocycles. The first kappa shape index (κ1) is 18.8. The summed E-state index contributed by atoms with van der Waals surface area (Å²) >= 11 is 23.7. The lowest BCUT2D eigenvalue weighted by Gasteiger charge is -1.99. The standard InChI is InChI=1S/C18H10Cl4N4/c19-13-5-15(21)17(25-9-13)23-7-11-1-2-12(4-3-11)8-24-18-16(22)6-14(20)10-26-18/h1-10H/b23-7+,24-8+. The largest absolute Gasteiger partial charge is 0.235 e. The molecule has 0 amide bonds. The van der Waals surface area contributed by atoms with Crippen molar-refractivity contribution in [3.05, 3.63) is 80.0 Å². The summed E-state index contributed by atoms with van der Waals surface area (Å²) in [7, 11) is 0. The van der Waals surface area contributed by atoms with Crippen LogP contribution in [0.25, 0.3) is 0 Å². The monoisotopic (exact) mass is 422 g/mol. The van der Waals surface area contributed by atoms with E-state index < -0.39 is 0 Å². The number of aliphatic imine (C=N–C) groups is 2. The van der Waals surface area contributed by atoms with Crippen LogP contribution in [0.5, 0.6) is 0 Å². The number of aromatic nitrogens is 2. The van der Waals surface area contributed by atoms with Gasteiger partial charge in [0.25, 0.3) is 0 Å². The van der Waals surface area contributed by atoms with Gasteiger partial charge in [0.05, 0.1) is 20.1 Å². The Bertz CT molecular complexity index is 904. The van der Waals surface area contributed by atoms with E-state index in [9.17, 15) is 0 Å². The second-order valence-corrected chi connectivity index (χ2v) is 6.79. The van der Waals surface area contributed by atoms with Gasteiger partial charge in [-0.25, -0.2) is 20.0 Å². The van der Waals surface area contributed by atoms with Crippen LogP contribution in [0.15, 0.2) is 58.8 Å². The highest BCUT2D eigenvalue weighted by Crippen LogP contribution is 2.25. The van der Waals surface area contributed by atoms with Crippen LogP contribution in [0.1, 0.15) is 11.1 Å². The second-order valence-electron chi connectivity index (χ2n) is 5.10. The number of nitrogens with zero attached hydrogens (tertiary/aromatic N) is 4. The molecule has 1 aromatic carbocycles. The van der Waals surface area contributed by atoms with Crippen molar-refractivity contribution in [1.82, 2.24) is 9.97 Å². The summed E-state index contributed by atoms with van der Waals surface area (Å²) < 4.78 is 0. The first-order valence-electron chi connectivity index (χ1n) is 7.31. The molecule has 0 radical (unpaired) electrons. The van der Waals surface area contributed by atoms with Gasteiger partial charge >= 0.3 is 0 Å². The Hall–Kier alpha value is -1.98. The summed E-state index contributed by atoms with van der Waals surface area (Å²) in [6, 6.07) is 10.8. The summed E-state index contributed by atoms with van der Waals surface area (Å²) in [5.41, 5.74) is 1.77. The molecule has 2 aromatic heterocycles. The summed E-state index contributed by atoms with van der Waals surface area (Å²) in [6.45, 7) is 0. The van der Waals surface area contributed by atoms with Crippen LogP contribution in [-0.4, -0.2) is 22.4 Å². The zero-order chi connectivity index (χ0) is 18.5. The minimum atomic E-state index is 0.393. The van der Waals surface area contributed by atoms with Crippen LogP contribution < -0.4 is 0 Å². The molecule has 0 N–H and O–H groups in total. The van der Waals surface area contributed by atoms with Crippen molar-refractivity contribution >= 4 is 70.5 Å². The fraction of sp³-hybridized carbons (Fsp3) is 0. The first-order chi connectivity index (χ1) is 12.5. The van der Waals surface area contributed by atoms with E-state index in [4.69, 9.17) is 46.4 Å². The lowest BCUT2D eigenvalue weighted by Crippen LogP contribution is -1.86. The van der Waals surface area contributed by atoms with Gasteiger partial charge in [0.2, 0.25) is 0 Å². The number of halogens is 4. The minimum absolute atomic E-state index is 0.393. The Kier molecular flexibility index (Phi) is 6.22. The summed E-state index contributed by atoms with van der Waals surface area (Å²) in [4.78, 5) is 16.7. The average Bonchev–Trinajstić information content (AvgIpc) is 2.61. The molecule has 8 heteroatoms. The Morgan fingerprint density at radius 3 is 1.38 bits per heavy atom. The maximum atomic E-state index is 6.04. The van der Waals surface area contributed by atoms with E-state index in [1.165, 1.54) is 12.4 Å². The van der Waals surface area contributed by atoms with Gasteiger partial charge in [-0.05, 0) is 23.3 Å². The number of pyridine rings is 2. The van der Waals surface area contributed by atoms with Crippen LogP contribution in [0.2, 0.25) is 20.1 Å². The first-order valence-corrected chi connectivity index (χ1v) is 8.83. The maximum Gasteiger partial charge on any atom is 0.170 e. The summed E-state index contributed by atoms with van der Waals surface area (Å²) in [5, 5.41) is 1.72. The highest BCUT2D eigenvalue weighted by Gasteiger charge is 2.01. The van der Waals surface area contributed by atoms with Crippen LogP contribution >= 0.6 is 46.4 Å². The molecule has 130 valence electrons. The Balaban J connectivity index is 1.72. The summed E-state index contributed by atoms with van der Waals surface area (Å²) in [6.07, 6.45) is 6.33. The molecule has 0 unspecified atom stereocenters. The van der Waals surface area contributed by atoms with Gasteiger partial charge in [0.15, 0.2) is 11.6 Å². The second kappa shape index (κ2) is 8.60. The molecule has 0 fully saturated rings. The van der Waals surface area contributed by atoms with E-state index in [1.807, 2.05) is 24.3 Å². The molecular formula is C18H10Cl4N4. The van der Waals surface area contributed by atoms with E-state index in [0.717, 1.165) is 11.1 Å². The highest BCUT2D eigenvalue weighted by molar-refractivity contribution is 6.36. The molecule has 3 rings (SSSR count). The van der Waals surface area contributed by atoms with Crippen molar-refractivity contribution in [3.8, 4) is 0 Å². The highest BCUT2D eigenvalue weighted by atomic mass is 35.5. The molecule has 0 aliphatic rings. The predicted molar refractivity (Wildman–Crippen MR) is 109 cm³/mol. The smallest absolute Gasteiger partial charge is 0.170 e. The molecule has 3 aromatic rings. The number of rotatable bonds is 4. The molecule has 0 aliphatic heterocycles. The number of benzene rings is 1. The van der Waals surface area contributed by atoms with Crippen molar-refractivity contribution < 1.29 is 0 Å². The van der Waals surface area contributed by atoms with E-state index >= 15 is 0 Å². The molecule has 2 heterocycles. The van der Waals surface area contributed by atoms with Gasteiger partial charge in [0.1, 0.15) is 0 Å². The van der Waals surface area contributed by atoms with Crippen LogP contribution in [-0.2, 0) is 0 Å². The predicted octanol–water partition coefficient (Wildman–Crippen LogP) is 6.59. The molecule has 4 nitrogen and oxygen atoms in total. The third-order valence-corrected chi connectivity index (χ3v) is 4.15. The minimum Gasteiger partial charge on any atom is -0.235 e. The maximum absolute atomic E-state index is 6.04. The number of hydrogen-bond acceptors (Lipinski definition) is 4. The topological polar surface area (TPSA) is 50.5 Å². The van der Waals surface area contributed by atoms with Crippen molar-refractivity contribution in [2.24, 2.45) is 9.98 Å². The van der Waals surface area contributed by atoms with Crippen molar-refractivity contribution in [2.45, 2.75) is 0 Å². The van der Waals surface area contributed by atoms with E-state index in [-0.39, 0.29) is 0 Å². The fourth-order valence-corrected chi connectivity index (χ4v) is 2.80. The van der Waals surface area contributed by atoms with Crippen LogP contribution in [0.3, 0.4) is 0 Å². The van der Waals surface area contributed by atoms with E-state index in [0.29, 0.717) is 31.7 Å². The van der Waals surface area contributed by atoms with Crippen molar-refractivity contribution in [3.63, 3.8) is 0 Å². The lowest BCUT2D eigenvalue weighted by atomic mass is 10.1. The number of hydrogen-bond donors (Lipinski definition) is 0. The SMILES string of the molecule is Clc1cnc(/N=C/c2ccc(/C=N/c3ncc(Cl)cc3Cl)cc2)c(Cl)c1. The molecular weight excluding hydrogens is 414 g/mol. The summed E-state index contributed by atoms with van der Waals surface area (Å²) in [5.74, 6) is 0.815. The Labute approximate surface area is 170 Å². The Morgan fingerprint density at radius 2 is 1.04 bits per heavy atom. The van der Waals surface area contributed by atoms with Crippen molar-refractivity contribution in [1.29, 1.82) is 0 Å². The molecule has 0 atom stereocenters. The normalized spacial score (nSPS) is 11.5.